The summed E-state index contributed by atoms with van der Waals surface area (Å²) in [5.74, 6) is -0.406. The second-order valence-corrected chi connectivity index (χ2v) is 11.1. The number of rotatable bonds is 8. The van der Waals surface area contributed by atoms with Gasteiger partial charge in [0.1, 0.15) is 0 Å². The standard InChI is InChI=1S/C23H28N4O3S2/c1-18-7-8-20-21(17-18)31-23(25-20)27-14-12-26(13-15-27)11-10-24-22(28)9-16-32(29,30)19-5-3-2-4-6-19/h2-8,17H,9-16H2,1H3,(H,24,28). The van der Waals surface area contributed by atoms with Crippen LogP contribution in [-0.4, -0.2) is 69.2 Å². The molecule has 1 aromatic heterocycles. The lowest BCUT2D eigenvalue weighted by Gasteiger charge is -2.34. The number of sulfone groups is 1. The highest BCUT2D eigenvalue weighted by Gasteiger charge is 2.20. The number of fused-ring (bicyclic) bond motifs is 1. The van der Waals surface area contributed by atoms with Crippen LogP contribution in [0.3, 0.4) is 0 Å². The number of piperazine rings is 1. The number of amides is 1. The SMILES string of the molecule is Cc1ccc2nc(N3CCN(CCNC(=O)CCS(=O)(=O)c4ccccc4)CC3)sc2c1. The Hall–Kier alpha value is -2.49. The molecule has 7 nitrogen and oxygen atoms in total. The van der Waals surface area contributed by atoms with Crippen LogP contribution in [0.5, 0.6) is 0 Å². The Morgan fingerprint density at radius 3 is 2.59 bits per heavy atom. The summed E-state index contributed by atoms with van der Waals surface area (Å²) < 4.78 is 25.8. The summed E-state index contributed by atoms with van der Waals surface area (Å²) in [5.41, 5.74) is 2.30. The topological polar surface area (TPSA) is 82.6 Å². The summed E-state index contributed by atoms with van der Waals surface area (Å²) in [6.07, 6.45) is -0.0257. The van der Waals surface area contributed by atoms with Gasteiger partial charge in [-0.1, -0.05) is 35.6 Å². The van der Waals surface area contributed by atoms with E-state index >= 15 is 0 Å². The smallest absolute Gasteiger partial charge is 0.221 e. The molecule has 1 amide bonds. The van der Waals surface area contributed by atoms with Crippen LogP contribution in [0.25, 0.3) is 10.2 Å². The number of nitrogens with zero attached hydrogens (tertiary/aromatic N) is 3. The number of hydrogen-bond acceptors (Lipinski definition) is 7. The lowest BCUT2D eigenvalue weighted by molar-refractivity contribution is -0.120. The van der Waals surface area contributed by atoms with Crippen molar-refractivity contribution in [2.24, 2.45) is 0 Å². The summed E-state index contributed by atoms with van der Waals surface area (Å²) in [4.78, 5) is 21.8. The zero-order valence-corrected chi connectivity index (χ0v) is 19.8. The minimum Gasteiger partial charge on any atom is -0.355 e. The van der Waals surface area contributed by atoms with E-state index in [4.69, 9.17) is 4.98 Å². The lowest BCUT2D eigenvalue weighted by Crippen LogP contribution is -2.48. The molecule has 4 rings (SSSR count). The first kappa shape index (κ1) is 22.7. The number of carbonyl (C=O) groups excluding carboxylic acids is 1. The maximum absolute atomic E-state index is 12.3. The minimum atomic E-state index is -3.43. The van der Waals surface area contributed by atoms with Crippen molar-refractivity contribution in [3.05, 3.63) is 54.1 Å². The Kier molecular flexibility index (Phi) is 7.07. The largest absolute Gasteiger partial charge is 0.355 e. The Morgan fingerprint density at radius 2 is 1.84 bits per heavy atom. The maximum atomic E-state index is 12.3. The van der Waals surface area contributed by atoms with Crippen LogP contribution in [0, 0.1) is 6.92 Å². The van der Waals surface area contributed by atoms with Crippen LogP contribution in [0.2, 0.25) is 0 Å². The molecule has 0 unspecified atom stereocenters. The van der Waals surface area contributed by atoms with Gasteiger partial charge in [-0.2, -0.15) is 0 Å². The fraction of sp³-hybridized carbons (Fsp3) is 0.391. The highest BCUT2D eigenvalue weighted by molar-refractivity contribution is 7.91. The molecule has 32 heavy (non-hydrogen) atoms. The van der Waals surface area contributed by atoms with Crippen molar-refractivity contribution in [3.63, 3.8) is 0 Å². The molecule has 0 atom stereocenters. The third-order valence-corrected chi connectivity index (χ3v) is 8.44. The summed E-state index contributed by atoms with van der Waals surface area (Å²) in [6, 6.07) is 14.6. The molecule has 1 aliphatic rings. The van der Waals surface area contributed by atoms with Crippen LogP contribution in [0.4, 0.5) is 5.13 Å². The van der Waals surface area contributed by atoms with Gasteiger partial charge in [0.25, 0.3) is 0 Å². The van der Waals surface area contributed by atoms with Gasteiger partial charge in [0.15, 0.2) is 15.0 Å². The Morgan fingerprint density at radius 1 is 1.09 bits per heavy atom. The normalized spacial score (nSPS) is 15.2. The molecule has 0 spiro atoms. The molecule has 3 aromatic rings. The lowest BCUT2D eigenvalue weighted by atomic mass is 10.2. The summed E-state index contributed by atoms with van der Waals surface area (Å²) in [7, 11) is -3.43. The highest BCUT2D eigenvalue weighted by atomic mass is 32.2. The van der Waals surface area contributed by atoms with Crippen LogP contribution in [-0.2, 0) is 14.6 Å². The van der Waals surface area contributed by atoms with Crippen molar-refractivity contribution in [3.8, 4) is 0 Å². The van der Waals surface area contributed by atoms with E-state index in [-0.39, 0.29) is 23.0 Å². The predicted molar refractivity (Wildman–Crippen MR) is 129 cm³/mol. The molecule has 1 N–H and O–H groups in total. The number of aromatic nitrogens is 1. The molecule has 1 aliphatic heterocycles. The number of carbonyl (C=O) groups is 1. The first-order valence-electron chi connectivity index (χ1n) is 10.8. The first-order chi connectivity index (χ1) is 15.4. The van der Waals surface area contributed by atoms with Crippen molar-refractivity contribution in [1.29, 1.82) is 0 Å². The van der Waals surface area contributed by atoms with E-state index < -0.39 is 9.84 Å². The predicted octanol–water partition coefficient (Wildman–Crippen LogP) is 2.71. The van der Waals surface area contributed by atoms with Gasteiger partial charge in [0.2, 0.25) is 5.91 Å². The second kappa shape index (κ2) is 9.97. The molecular formula is C23H28N4O3S2. The van der Waals surface area contributed by atoms with E-state index in [0.717, 1.165) is 43.4 Å². The number of thiazole rings is 1. The van der Waals surface area contributed by atoms with E-state index in [9.17, 15) is 13.2 Å². The molecule has 0 aliphatic carbocycles. The monoisotopic (exact) mass is 472 g/mol. The van der Waals surface area contributed by atoms with Gasteiger partial charge in [-0.25, -0.2) is 13.4 Å². The molecule has 170 valence electrons. The van der Waals surface area contributed by atoms with Gasteiger partial charge >= 0.3 is 0 Å². The van der Waals surface area contributed by atoms with Crippen molar-refractivity contribution in [2.45, 2.75) is 18.2 Å². The average Bonchev–Trinajstić information content (AvgIpc) is 3.22. The zero-order valence-electron chi connectivity index (χ0n) is 18.2. The minimum absolute atomic E-state index is 0.0257. The quantitative estimate of drug-likeness (QED) is 0.543. The zero-order chi connectivity index (χ0) is 22.6. The van der Waals surface area contributed by atoms with Gasteiger partial charge in [-0.15, -0.1) is 0 Å². The van der Waals surface area contributed by atoms with E-state index in [1.165, 1.54) is 10.3 Å². The van der Waals surface area contributed by atoms with E-state index in [2.05, 4.69) is 40.2 Å². The molecule has 0 bridgehead atoms. The number of nitrogens with one attached hydrogen (secondary N) is 1. The van der Waals surface area contributed by atoms with E-state index in [0.29, 0.717) is 6.54 Å². The third kappa shape index (κ3) is 5.65. The van der Waals surface area contributed by atoms with E-state index in [1.807, 2.05) is 0 Å². The Bertz CT molecular complexity index is 1170. The van der Waals surface area contributed by atoms with Gasteiger partial charge in [0, 0.05) is 45.7 Å². The molecule has 1 saturated heterocycles. The Labute approximate surface area is 193 Å². The van der Waals surface area contributed by atoms with Crippen LogP contribution < -0.4 is 10.2 Å². The number of hydrogen-bond donors (Lipinski definition) is 1. The summed E-state index contributed by atoms with van der Waals surface area (Å²) >= 11 is 1.74. The fourth-order valence-corrected chi connectivity index (χ4v) is 6.11. The van der Waals surface area contributed by atoms with Crippen molar-refractivity contribution < 1.29 is 13.2 Å². The molecule has 0 radical (unpaired) electrons. The maximum Gasteiger partial charge on any atom is 0.221 e. The van der Waals surface area contributed by atoms with E-state index in [1.54, 1.807) is 41.7 Å². The van der Waals surface area contributed by atoms with Crippen LogP contribution in [0.1, 0.15) is 12.0 Å². The molecule has 0 saturated carbocycles. The molecular weight excluding hydrogens is 444 g/mol. The summed E-state index contributed by atoms with van der Waals surface area (Å²) in [5, 5.41) is 3.92. The molecule has 9 heteroatoms. The molecule has 2 heterocycles. The highest BCUT2D eigenvalue weighted by Crippen LogP contribution is 2.30. The van der Waals surface area contributed by atoms with Gasteiger partial charge in [-0.3, -0.25) is 9.69 Å². The van der Waals surface area contributed by atoms with Crippen molar-refractivity contribution in [1.82, 2.24) is 15.2 Å². The van der Waals surface area contributed by atoms with Crippen molar-refractivity contribution >= 4 is 42.4 Å². The third-order valence-electron chi connectivity index (χ3n) is 5.63. The van der Waals surface area contributed by atoms with Gasteiger partial charge < -0.3 is 10.2 Å². The van der Waals surface area contributed by atoms with Crippen LogP contribution >= 0.6 is 11.3 Å². The molecule has 1 fully saturated rings. The average molecular weight is 473 g/mol. The van der Waals surface area contributed by atoms with Gasteiger partial charge in [-0.05, 0) is 36.8 Å². The second-order valence-electron chi connectivity index (χ2n) is 8.03. The first-order valence-corrected chi connectivity index (χ1v) is 13.3. The molecule has 2 aromatic carbocycles. The van der Waals surface area contributed by atoms with Crippen molar-refractivity contribution in [2.75, 3.05) is 49.9 Å². The van der Waals surface area contributed by atoms with Gasteiger partial charge in [0.05, 0.1) is 20.9 Å². The van der Waals surface area contributed by atoms with Crippen LogP contribution in [0.15, 0.2) is 53.4 Å². The number of anilines is 1. The summed E-state index contributed by atoms with van der Waals surface area (Å²) in [6.45, 7) is 7.00. The number of benzene rings is 2. The Balaban J connectivity index is 1.18. The number of aryl methyl sites for hydroxylation is 1. The fourth-order valence-electron chi connectivity index (χ4n) is 3.73.